The number of benzene rings is 1. The summed E-state index contributed by atoms with van der Waals surface area (Å²) in [4.78, 5) is 25.0. The Bertz CT molecular complexity index is 1280. The maximum atomic E-state index is 12.7. The molecule has 31 heavy (non-hydrogen) atoms. The van der Waals surface area contributed by atoms with Gasteiger partial charge in [0, 0.05) is 64.9 Å². The molecule has 0 saturated carbocycles. The van der Waals surface area contributed by atoms with Crippen LogP contribution in [0.25, 0.3) is 22.2 Å². The van der Waals surface area contributed by atoms with E-state index in [0.29, 0.717) is 29.3 Å². The lowest BCUT2D eigenvalue weighted by Crippen LogP contribution is -2.28. The number of rotatable bonds is 5. The quantitative estimate of drug-likeness (QED) is 0.493. The van der Waals surface area contributed by atoms with Gasteiger partial charge in [-0.05, 0) is 49.2 Å². The highest BCUT2D eigenvalue weighted by atomic mass is 35.5. The molecule has 1 fully saturated rings. The summed E-state index contributed by atoms with van der Waals surface area (Å²) >= 11 is 6.07. The third kappa shape index (κ3) is 4.47. The molecule has 1 saturated heterocycles. The van der Waals surface area contributed by atoms with Crippen molar-refractivity contribution in [1.29, 1.82) is 0 Å². The van der Waals surface area contributed by atoms with E-state index in [4.69, 9.17) is 16.3 Å². The topological polar surface area (TPSA) is 84.8 Å². The van der Waals surface area contributed by atoms with E-state index < -0.39 is 0 Å². The van der Waals surface area contributed by atoms with Crippen molar-refractivity contribution in [2.75, 3.05) is 18.5 Å². The molecule has 7 nitrogen and oxygen atoms in total. The highest BCUT2D eigenvalue weighted by Gasteiger charge is 2.15. The minimum atomic E-state index is -0.0910. The van der Waals surface area contributed by atoms with E-state index in [1.165, 1.54) is 0 Å². The van der Waals surface area contributed by atoms with Gasteiger partial charge in [0.1, 0.15) is 0 Å². The van der Waals surface area contributed by atoms with Gasteiger partial charge in [0.15, 0.2) is 0 Å². The minimum Gasteiger partial charge on any atom is -0.381 e. The van der Waals surface area contributed by atoms with Crippen molar-refractivity contribution < 1.29 is 4.74 Å². The van der Waals surface area contributed by atoms with Gasteiger partial charge in [-0.2, -0.15) is 0 Å². The Balaban J connectivity index is 1.35. The zero-order chi connectivity index (χ0) is 21.2. The molecule has 4 heterocycles. The number of fused-ring (bicyclic) bond motifs is 1. The molecule has 0 amide bonds. The predicted molar refractivity (Wildman–Crippen MR) is 122 cm³/mol. The van der Waals surface area contributed by atoms with Crippen LogP contribution in [0.2, 0.25) is 5.02 Å². The average Bonchev–Trinajstić information content (AvgIpc) is 3.17. The third-order valence-electron chi connectivity index (χ3n) is 5.48. The molecule has 8 heteroatoms. The van der Waals surface area contributed by atoms with Crippen molar-refractivity contribution in [2.24, 2.45) is 0 Å². The van der Waals surface area contributed by atoms with Gasteiger partial charge in [-0.1, -0.05) is 11.6 Å². The zero-order valence-corrected chi connectivity index (χ0v) is 17.6. The molecule has 0 aliphatic carbocycles. The largest absolute Gasteiger partial charge is 0.381 e. The first-order valence-electron chi connectivity index (χ1n) is 10.3. The van der Waals surface area contributed by atoms with E-state index >= 15 is 0 Å². The molecule has 158 valence electrons. The number of anilines is 1. The Morgan fingerprint density at radius 1 is 1.16 bits per heavy atom. The first kappa shape index (κ1) is 19.8. The van der Waals surface area contributed by atoms with Crippen molar-refractivity contribution >= 4 is 28.5 Å². The van der Waals surface area contributed by atoms with Gasteiger partial charge in [-0.3, -0.25) is 4.79 Å². The van der Waals surface area contributed by atoms with E-state index in [9.17, 15) is 4.79 Å². The van der Waals surface area contributed by atoms with Gasteiger partial charge in [0.05, 0.1) is 12.2 Å². The maximum Gasteiger partial charge on any atom is 0.251 e. The van der Waals surface area contributed by atoms with Crippen LogP contribution >= 0.6 is 11.6 Å². The molecule has 0 unspecified atom stereocenters. The van der Waals surface area contributed by atoms with Gasteiger partial charge >= 0.3 is 0 Å². The van der Waals surface area contributed by atoms with Crippen molar-refractivity contribution in [3.05, 3.63) is 75.9 Å². The molecular formula is C23H22ClN5O2. The average molecular weight is 436 g/mol. The SMILES string of the molecule is O=c1cc(-c2ccnc(NC3CCOCC3)n2)ccn1Cc1cc2cc(Cl)ccc2[nH]1. The first-order valence-corrected chi connectivity index (χ1v) is 10.7. The number of halogens is 1. The molecular weight excluding hydrogens is 414 g/mol. The molecule has 1 aromatic carbocycles. The van der Waals surface area contributed by atoms with Crippen LogP contribution in [0, 0.1) is 0 Å². The number of H-pyrrole nitrogens is 1. The number of ether oxygens (including phenoxy) is 1. The number of nitrogens with one attached hydrogen (secondary N) is 2. The molecule has 5 rings (SSSR count). The molecule has 1 aliphatic heterocycles. The molecule has 1 aliphatic rings. The Morgan fingerprint density at radius 2 is 2.03 bits per heavy atom. The highest BCUT2D eigenvalue weighted by molar-refractivity contribution is 6.31. The lowest BCUT2D eigenvalue weighted by atomic mass is 10.1. The Hall–Kier alpha value is -3.16. The summed E-state index contributed by atoms with van der Waals surface area (Å²) in [6.07, 6.45) is 5.38. The summed E-state index contributed by atoms with van der Waals surface area (Å²) in [6, 6.07) is 13.3. The second kappa shape index (κ2) is 8.53. The van der Waals surface area contributed by atoms with E-state index in [0.717, 1.165) is 48.2 Å². The van der Waals surface area contributed by atoms with Gasteiger partial charge < -0.3 is 19.6 Å². The van der Waals surface area contributed by atoms with Gasteiger partial charge in [0.25, 0.3) is 5.56 Å². The fourth-order valence-electron chi connectivity index (χ4n) is 3.84. The number of pyridine rings is 1. The smallest absolute Gasteiger partial charge is 0.251 e. The summed E-state index contributed by atoms with van der Waals surface area (Å²) < 4.78 is 7.06. The minimum absolute atomic E-state index is 0.0910. The molecule has 3 aromatic heterocycles. The van der Waals surface area contributed by atoms with E-state index in [2.05, 4.69) is 20.3 Å². The lowest BCUT2D eigenvalue weighted by molar-refractivity contribution is 0.0903. The summed E-state index contributed by atoms with van der Waals surface area (Å²) in [7, 11) is 0. The van der Waals surface area contributed by atoms with Crippen LogP contribution in [0.15, 0.2) is 59.7 Å². The number of aromatic amines is 1. The van der Waals surface area contributed by atoms with Crippen molar-refractivity contribution in [1.82, 2.24) is 19.5 Å². The van der Waals surface area contributed by atoms with E-state index in [1.54, 1.807) is 23.0 Å². The number of hydrogen-bond acceptors (Lipinski definition) is 5. The lowest BCUT2D eigenvalue weighted by Gasteiger charge is -2.23. The molecule has 0 atom stereocenters. The molecule has 4 aromatic rings. The second-order valence-electron chi connectivity index (χ2n) is 7.70. The summed E-state index contributed by atoms with van der Waals surface area (Å²) in [5.41, 5.74) is 3.33. The summed E-state index contributed by atoms with van der Waals surface area (Å²) in [6.45, 7) is 1.95. The Kier molecular flexibility index (Phi) is 5.44. The van der Waals surface area contributed by atoms with E-state index in [-0.39, 0.29) is 5.56 Å². The van der Waals surface area contributed by atoms with Crippen LogP contribution < -0.4 is 10.9 Å². The van der Waals surface area contributed by atoms with Crippen molar-refractivity contribution in [3.8, 4) is 11.3 Å². The molecule has 0 radical (unpaired) electrons. The standard InChI is InChI=1S/C23H22ClN5O2/c24-17-1-2-20-16(11-17)12-19(26-20)14-29-8-4-15(13-22(29)30)21-3-7-25-23(28-21)27-18-5-9-31-10-6-18/h1-4,7-8,11-13,18,26H,5-6,9-10,14H2,(H,25,27,28). The van der Waals surface area contributed by atoms with Crippen molar-refractivity contribution in [2.45, 2.75) is 25.4 Å². The number of aromatic nitrogens is 4. The molecule has 0 spiro atoms. The number of hydrogen-bond donors (Lipinski definition) is 2. The molecule has 2 N–H and O–H groups in total. The fraction of sp³-hybridized carbons (Fsp3) is 0.261. The monoisotopic (exact) mass is 435 g/mol. The van der Waals surface area contributed by atoms with Gasteiger partial charge in [-0.15, -0.1) is 0 Å². The highest BCUT2D eigenvalue weighted by Crippen LogP contribution is 2.21. The fourth-order valence-corrected chi connectivity index (χ4v) is 4.02. The van der Waals surface area contributed by atoms with Gasteiger partial charge in [0.2, 0.25) is 5.95 Å². The van der Waals surface area contributed by atoms with Crippen LogP contribution in [0.1, 0.15) is 18.5 Å². The summed E-state index contributed by atoms with van der Waals surface area (Å²) in [5, 5.41) is 5.08. The van der Waals surface area contributed by atoms with Crippen molar-refractivity contribution in [3.63, 3.8) is 0 Å². The first-order chi connectivity index (χ1) is 15.1. The number of nitrogens with zero attached hydrogens (tertiary/aromatic N) is 3. The Morgan fingerprint density at radius 3 is 2.87 bits per heavy atom. The van der Waals surface area contributed by atoms with Crippen LogP contribution in [0.3, 0.4) is 0 Å². The maximum absolute atomic E-state index is 12.7. The van der Waals surface area contributed by atoms with Crippen LogP contribution in [0.4, 0.5) is 5.95 Å². The molecule has 0 bridgehead atoms. The van der Waals surface area contributed by atoms with Crippen LogP contribution in [-0.2, 0) is 11.3 Å². The summed E-state index contributed by atoms with van der Waals surface area (Å²) in [5.74, 6) is 0.574. The normalized spacial score (nSPS) is 14.7. The zero-order valence-electron chi connectivity index (χ0n) is 16.8. The van der Waals surface area contributed by atoms with Crippen LogP contribution in [-0.4, -0.2) is 38.8 Å². The third-order valence-corrected chi connectivity index (χ3v) is 5.72. The second-order valence-corrected chi connectivity index (χ2v) is 8.14. The van der Waals surface area contributed by atoms with Gasteiger partial charge in [-0.25, -0.2) is 9.97 Å². The Labute approximate surface area is 184 Å². The van der Waals surface area contributed by atoms with E-state index in [1.807, 2.05) is 36.4 Å². The predicted octanol–water partition coefficient (Wildman–Crippen LogP) is 4.08. The van der Waals surface area contributed by atoms with Crippen LogP contribution in [0.5, 0.6) is 0 Å².